The first-order chi connectivity index (χ1) is 19.1. The number of esters is 1. The van der Waals surface area contributed by atoms with E-state index in [1.165, 1.54) is 0 Å². The average Bonchev–Trinajstić information content (AvgIpc) is 3.70. The molecule has 10 heteroatoms. The molecule has 1 amide bonds. The number of carbonyl (C=O) groups is 2. The van der Waals surface area contributed by atoms with Gasteiger partial charge in [-0.3, -0.25) is 4.79 Å². The summed E-state index contributed by atoms with van der Waals surface area (Å²) in [5, 5.41) is 4.00. The lowest BCUT2D eigenvalue weighted by atomic mass is 9.92. The minimum Gasteiger partial charge on any atom is -0.464 e. The Morgan fingerprint density at radius 2 is 1.93 bits per heavy atom. The Labute approximate surface area is 239 Å². The minimum absolute atomic E-state index is 0. The minimum atomic E-state index is -0.852. The van der Waals surface area contributed by atoms with Crippen molar-refractivity contribution in [2.24, 2.45) is 0 Å². The summed E-state index contributed by atoms with van der Waals surface area (Å²) in [7, 11) is 0. The molecule has 1 aliphatic rings. The topological polar surface area (TPSA) is 118 Å². The van der Waals surface area contributed by atoms with Crippen molar-refractivity contribution in [1.29, 1.82) is 0 Å². The maximum atomic E-state index is 13.9. The van der Waals surface area contributed by atoms with Gasteiger partial charge >= 0.3 is 5.97 Å². The van der Waals surface area contributed by atoms with Crippen molar-refractivity contribution in [3.63, 3.8) is 0 Å². The number of para-hydroxylation sites is 1. The van der Waals surface area contributed by atoms with Crippen molar-refractivity contribution in [2.75, 3.05) is 13.4 Å². The number of aromatic nitrogens is 3. The van der Waals surface area contributed by atoms with Crippen LogP contribution >= 0.6 is 12.4 Å². The Hall–Kier alpha value is -3.98. The number of imidazole rings is 1. The summed E-state index contributed by atoms with van der Waals surface area (Å²) < 4.78 is 16.4. The van der Waals surface area contributed by atoms with E-state index in [1.807, 2.05) is 48.7 Å². The summed E-state index contributed by atoms with van der Waals surface area (Å²) in [6.07, 6.45) is 7.31. The number of rotatable bonds is 12. The highest BCUT2D eigenvalue weighted by Crippen LogP contribution is 2.35. The lowest BCUT2D eigenvalue weighted by Crippen LogP contribution is -2.45. The van der Waals surface area contributed by atoms with E-state index in [0.717, 1.165) is 52.8 Å². The maximum Gasteiger partial charge on any atom is 0.328 e. The zero-order valence-electron chi connectivity index (χ0n) is 22.7. The van der Waals surface area contributed by atoms with Crippen LogP contribution in [0.15, 0.2) is 54.9 Å². The standard InChI is InChI=1S/C30H34N4O5.ClH/c1-3-5-10-28-32-17-21(33-28)15-23(19-11-12-26-27(14-19)39-18-38-26)29(35)34-25(30(36)37-4-2)13-20-16-31-24-9-7-6-8-22(20)24;/h6-9,11-12,14,16-17,23,25,31H,3-5,10,13,15,18H2,1-2H3,(H,32,33)(H,34,35);1H/t23?,25-;/m0./s1. The number of carbonyl (C=O) groups excluding carboxylic acids is 2. The van der Waals surface area contributed by atoms with Crippen molar-refractivity contribution in [1.82, 2.24) is 20.3 Å². The average molecular weight is 567 g/mol. The van der Waals surface area contributed by atoms with Crippen LogP contribution in [0.4, 0.5) is 0 Å². The van der Waals surface area contributed by atoms with Gasteiger partial charge in [0.1, 0.15) is 11.9 Å². The number of aryl methyl sites for hydroxylation is 1. The molecule has 4 aromatic rings. The van der Waals surface area contributed by atoms with Gasteiger partial charge in [-0.05, 0) is 42.7 Å². The van der Waals surface area contributed by atoms with Crippen LogP contribution in [0.3, 0.4) is 0 Å². The van der Waals surface area contributed by atoms with Crippen LogP contribution in [0.2, 0.25) is 0 Å². The molecule has 0 bridgehead atoms. The van der Waals surface area contributed by atoms with Gasteiger partial charge in [0.15, 0.2) is 11.5 Å². The number of halogens is 1. The lowest BCUT2D eigenvalue weighted by molar-refractivity contribution is -0.147. The highest BCUT2D eigenvalue weighted by molar-refractivity contribution is 5.90. The second-order valence-corrected chi connectivity index (χ2v) is 9.70. The Bertz CT molecular complexity index is 1450. The summed E-state index contributed by atoms with van der Waals surface area (Å²) >= 11 is 0. The van der Waals surface area contributed by atoms with Crippen LogP contribution in [-0.4, -0.2) is 46.3 Å². The van der Waals surface area contributed by atoms with Crippen LogP contribution in [0, 0.1) is 0 Å². The number of benzene rings is 2. The molecule has 0 radical (unpaired) electrons. The molecular weight excluding hydrogens is 532 g/mol. The van der Waals surface area contributed by atoms with Crippen molar-refractivity contribution >= 4 is 35.2 Å². The predicted octanol–water partition coefficient (Wildman–Crippen LogP) is 5.00. The van der Waals surface area contributed by atoms with Crippen molar-refractivity contribution < 1.29 is 23.8 Å². The predicted molar refractivity (Wildman–Crippen MR) is 154 cm³/mol. The molecule has 0 aliphatic carbocycles. The number of amides is 1. The van der Waals surface area contributed by atoms with E-state index in [4.69, 9.17) is 14.2 Å². The Morgan fingerprint density at radius 3 is 2.75 bits per heavy atom. The highest BCUT2D eigenvalue weighted by atomic mass is 35.5. The van der Waals surface area contributed by atoms with Crippen molar-refractivity contribution in [3.05, 3.63) is 77.5 Å². The number of unbranched alkanes of at least 4 members (excludes halogenated alkanes) is 1. The summed E-state index contributed by atoms with van der Waals surface area (Å²) in [5.74, 6) is 0.795. The van der Waals surface area contributed by atoms with Gasteiger partial charge in [-0.25, -0.2) is 9.78 Å². The van der Waals surface area contributed by atoms with Gasteiger partial charge in [0.25, 0.3) is 0 Å². The molecule has 9 nitrogen and oxygen atoms in total. The molecule has 0 saturated carbocycles. The maximum absolute atomic E-state index is 13.9. The second kappa shape index (κ2) is 13.4. The van der Waals surface area contributed by atoms with E-state index in [2.05, 4.69) is 27.2 Å². The summed E-state index contributed by atoms with van der Waals surface area (Å²) in [5.41, 5.74) is 3.51. The second-order valence-electron chi connectivity index (χ2n) is 9.70. The molecular formula is C30H35ClN4O5. The molecule has 5 rings (SSSR count). The molecule has 1 aliphatic heterocycles. The van der Waals surface area contributed by atoms with E-state index in [1.54, 1.807) is 13.1 Å². The van der Waals surface area contributed by atoms with Gasteiger partial charge in [-0.1, -0.05) is 37.6 Å². The number of fused-ring (bicyclic) bond motifs is 2. The van der Waals surface area contributed by atoms with E-state index in [-0.39, 0.29) is 31.7 Å². The van der Waals surface area contributed by atoms with Crippen molar-refractivity contribution in [3.8, 4) is 11.5 Å². The fourth-order valence-electron chi connectivity index (χ4n) is 4.92. The van der Waals surface area contributed by atoms with Gasteiger partial charge in [0.2, 0.25) is 12.7 Å². The van der Waals surface area contributed by atoms with Crippen LogP contribution in [0.25, 0.3) is 10.9 Å². The number of aromatic amines is 2. The van der Waals surface area contributed by atoms with Crippen LogP contribution in [0.1, 0.15) is 55.3 Å². The zero-order chi connectivity index (χ0) is 27.2. The Balaban J connectivity index is 0.00000370. The van der Waals surface area contributed by atoms with E-state index in [0.29, 0.717) is 24.3 Å². The van der Waals surface area contributed by atoms with Gasteiger partial charge in [0, 0.05) is 48.3 Å². The number of hydrogen-bond acceptors (Lipinski definition) is 6. The fraction of sp³-hybridized carbons (Fsp3) is 0.367. The number of ether oxygens (including phenoxy) is 3. The number of hydrogen-bond donors (Lipinski definition) is 3. The summed E-state index contributed by atoms with van der Waals surface area (Å²) in [4.78, 5) is 38.0. The Kier molecular flexibility index (Phi) is 9.71. The summed E-state index contributed by atoms with van der Waals surface area (Å²) in [6, 6.07) is 12.5. The van der Waals surface area contributed by atoms with E-state index >= 15 is 0 Å². The lowest BCUT2D eigenvalue weighted by Gasteiger charge is -2.22. The molecule has 212 valence electrons. The molecule has 2 atom stereocenters. The van der Waals surface area contributed by atoms with Gasteiger partial charge in [-0.15, -0.1) is 12.4 Å². The molecule has 2 aromatic carbocycles. The summed E-state index contributed by atoms with van der Waals surface area (Å²) in [6.45, 7) is 4.26. The van der Waals surface area contributed by atoms with Gasteiger partial charge in [-0.2, -0.15) is 0 Å². The highest BCUT2D eigenvalue weighted by Gasteiger charge is 2.30. The molecule has 0 spiro atoms. The van der Waals surface area contributed by atoms with Crippen LogP contribution in [-0.2, 0) is 33.6 Å². The molecule has 2 aromatic heterocycles. The van der Waals surface area contributed by atoms with Crippen LogP contribution in [0.5, 0.6) is 11.5 Å². The number of nitrogens with zero attached hydrogens (tertiary/aromatic N) is 1. The normalized spacial score (nSPS) is 13.4. The third kappa shape index (κ3) is 6.59. The molecule has 1 unspecified atom stereocenters. The van der Waals surface area contributed by atoms with Gasteiger partial charge in [0.05, 0.1) is 12.5 Å². The molecule has 3 heterocycles. The number of nitrogens with one attached hydrogen (secondary N) is 3. The Morgan fingerprint density at radius 1 is 1.10 bits per heavy atom. The van der Waals surface area contributed by atoms with Gasteiger partial charge < -0.3 is 29.5 Å². The fourth-order valence-corrected chi connectivity index (χ4v) is 4.92. The first kappa shape index (κ1) is 29.0. The van der Waals surface area contributed by atoms with E-state index < -0.39 is 17.9 Å². The largest absolute Gasteiger partial charge is 0.464 e. The first-order valence-corrected chi connectivity index (χ1v) is 13.5. The quantitative estimate of drug-likeness (QED) is 0.208. The molecule has 3 N–H and O–H groups in total. The third-order valence-electron chi connectivity index (χ3n) is 6.97. The first-order valence-electron chi connectivity index (χ1n) is 13.5. The molecule has 0 fully saturated rings. The SMILES string of the molecule is CCCCc1ncc(CC(C(=O)N[C@@H](Cc2c[nH]c3ccccc23)C(=O)OCC)c2ccc3c(c2)OCO3)[nH]1.Cl. The third-order valence-corrected chi connectivity index (χ3v) is 6.97. The van der Waals surface area contributed by atoms with E-state index in [9.17, 15) is 9.59 Å². The van der Waals surface area contributed by atoms with Crippen molar-refractivity contribution in [2.45, 2.75) is 57.9 Å². The molecule has 0 saturated heterocycles. The zero-order valence-corrected chi connectivity index (χ0v) is 23.5. The number of H-pyrrole nitrogens is 2. The van der Waals surface area contributed by atoms with Crippen LogP contribution < -0.4 is 14.8 Å². The monoisotopic (exact) mass is 566 g/mol. The smallest absolute Gasteiger partial charge is 0.328 e. The molecule has 40 heavy (non-hydrogen) atoms.